The maximum absolute atomic E-state index is 12.4. The van der Waals surface area contributed by atoms with Gasteiger partial charge in [0.2, 0.25) is 0 Å². The lowest BCUT2D eigenvalue weighted by molar-refractivity contribution is -0.143. The molecule has 126 valence electrons. The lowest BCUT2D eigenvalue weighted by Crippen LogP contribution is -2.37. The zero-order valence-corrected chi connectivity index (χ0v) is 13.7. The Morgan fingerprint density at radius 3 is 2.32 bits per heavy atom. The Morgan fingerprint density at radius 1 is 0.880 bits per heavy atom. The van der Waals surface area contributed by atoms with Crippen LogP contribution in [0.25, 0.3) is 10.8 Å². The molecule has 0 bridgehead atoms. The topological polar surface area (TPSA) is 67.4 Å². The molecular weight excluding hydrogens is 316 g/mol. The summed E-state index contributed by atoms with van der Waals surface area (Å²) in [5.74, 6) is -0.528. The van der Waals surface area contributed by atoms with Crippen molar-refractivity contribution in [1.29, 1.82) is 0 Å². The highest BCUT2D eigenvalue weighted by Gasteiger charge is 2.23. The van der Waals surface area contributed by atoms with Gasteiger partial charge < -0.3 is 15.4 Å². The van der Waals surface area contributed by atoms with E-state index in [1.807, 2.05) is 48.5 Å². The van der Waals surface area contributed by atoms with Crippen LogP contribution in [0.3, 0.4) is 0 Å². The van der Waals surface area contributed by atoms with Crippen molar-refractivity contribution in [2.45, 2.75) is 6.04 Å². The number of amides is 2. The molecule has 1 atom stereocenters. The Labute approximate surface area is 145 Å². The van der Waals surface area contributed by atoms with E-state index >= 15 is 0 Å². The fourth-order valence-electron chi connectivity index (χ4n) is 2.67. The van der Waals surface area contributed by atoms with Crippen LogP contribution >= 0.6 is 0 Å². The molecule has 5 heteroatoms. The van der Waals surface area contributed by atoms with Crippen LogP contribution in [0.4, 0.5) is 10.5 Å². The van der Waals surface area contributed by atoms with Gasteiger partial charge in [-0.05, 0) is 17.0 Å². The maximum atomic E-state index is 12.4. The number of urea groups is 1. The van der Waals surface area contributed by atoms with Gasteiger partial charge in [0.25, 0.3) is 0 Å². The van der Waals surface area contributed by atoms with E-state index in [-0.39, 0.29) is 0 Å². The highest BCUT2D eigenvalue weighted by molar-refractivity contribution is 6.02. The van der Waals surface area contributed by atoms with Crippen molar-refractivity contribution in [3.05, 3.63) is 78.4 Å². The van der Waals surface area contributed by atoms with Gasteiger partial charge >= 0.3 is 12.0 Å². The minimum atomic E-state index is -0.874. The molecule has 25 heavy (non-hydrogen) atoms. The molecular formula is C20H18N2O3. The van der Waals surface area contributed by atoms with Gasteiger partial charge in [0.1, 0.15) is 0 Å². The molecule has 0 aliphatic heterocycles. The fourth-order valence-corrected chi connectivity index (χ4v) is 2.67. The molecule has 0 saturated carbocycles. The number of fused-ring (bicyclic) bond motifs is 1. The monoisotopic (exact) mass is 334 g/mol. The molecule has 3 aromatic rings. The third kappa shape index (κ3) is 3.77. The third-order valence-electron chi connectivity index (χ3n) is 3.88. The summed E-state index contributed by atoms with van der Waals surface area (Å²) >= 11 is 0. The Morgan fingerprint density at radius 2 is 1.56 bits per heavy atom. The predicted molar refractivity (Wildman–Crippen MR) is 97.3 cm³/mol. The summed E-state index contributed by atoms with van der Waals surface area (Å²) in [6.45, 7) is 0. The largest absolute Gasteiger partial charge is 0.467 e. The molecule has 0 heterocycles. The molecule has 3 aromatic carbocycles. The van der Waals surface area contributed by atoms with Crippen molar-refractivity contribution in [2.75, 3.05) is 12.4 Å². The molecule has 5 nitrogen and oxygen atoms in total. The number of esters is 1. The predicted octanol–water partition coefficient (Wildman–Crippen LogP) is 3.88. The number of benzene rings is 3. The smallest absolute Gasteiger partial charge is 0.333 e. The lowest BCUT2D eigenvalue weighted by Gasteiger charge is -2.18. The first-order valence-electron chi connectivity index (χ1n) is 7.87. The minimum Gasteiger partial charge on any atom is -0.467 e. The van der Waals surface area contributed by atoms with Gasteiger partial charge in [-0.25, -0.2) is 9.59 Å². The first-order valence-corrected chi connectivity index (χ1v) is 7.87. The number of carbonyl (C=O) groups is 2. The van der Waals surface area contributed by atoms with E-state index in [0.29, 0.717) is 11.3 Å². The highest BCUT2D eigenvalue weighted by Crippen LogP contribution is 2.23. The second-order valence-corrected chi connectivity index (χ2v) is 5.49. The normalized spacial score (nSPS) is 11.6. The lowest BCUT2D eigenvalue weighted by atomic mass is 10.1. The number of ether oxygens (including phenoxy) is 1. The van der Waals surface area contributed by atoms with E-state index in [4.69, 9.17) is 4.74 Å². The molecule has 0 spiro atoms. The Kier molecular flexibility index (Phi) is 4.95. The van der Waals surface area contributed by atoms with Crippen LogP contribution in [0.15, 0.2) is 72.8 Å². The molecule has 1 unspecified atom stereocenters. The van der Waals surface area contributed by atoms with E-state index in [1.54, 1.807) is 24.3 Å². The summed E-state index contributed by atoms with van der Waals surface area (Å²) in [7, 11) is 1.29. The molecule has 3 rings (SSSR count). The van der Waals surface area contributed by atoms with Crippen LogP contribution in [-0.4, -0.2) is 19.1 Å². The number of carbonyl (C=O) groups excluding carboxylic acids is 2. The highest BCUT2D eigenvalue weighted by atomic mass is 16.5. The van der Waals surface area contributed by atoms with Crippen LogP contribution in [0.5, 0.6) is 0 Å². The van der Waals surface area contributed by atoms with E-state index in [1.165, 1.54) is 7.11 Å². The Bertz CT molecular complexity index is 888. The van der Waals surface area contributed by atoms with Gasteiger partial charge in [-0.1, -0.05) is 66.7 Å². The van der Waals surface area contributed by atoms with E-state index in [9.17, 15) is 9.59 Å². The first-order chi connectivity index (χ1) is 12.2. The van der Waals surface area contributed by atoms with Gasteiger partial charge in [0, 0.05) is 5.39 Å². The summed E-state index contributed by atoms with van der Waals surface area (Å²) < 4.78 is 4.81. The van der Waals surface area contributed by atoms with E-state index < -0.39 is 18.0 Å². The number of nitrogens with one attached hydrogen (secondary N) is 2. The summed E-state index contributed by atoms with van der Waals surface area (Å²) in [6.07, 6.45) is 0. The average molecular weight is 334 g/mol. The van der Waals surface area contributed by atoms with Crippen molar-refractivity contribution < 1.29 is 14.3 Å². The molecule has 0 radical (unpaired) electrons. The van der Waals surface area contributed by atoms with Crippen LogP contribution in [0.2, 0.25) is 0 Å². The van der Waals surface area contributed by atoms with Crippen LogP contribution < -0.4 is 10.6 Å². The fraction of sp³-hybridized carbons (Fsp3) is 0.100. The third-order valence-corrected chi connectivity index (χ3v) is 3.88. The summed E-state index contributed by atoms with van der Waals surface area (Å²) in [4.78, 5) is 24.5. The maximum Gasteiger partial charge on any atom is 0.333 e. The van der Waals surface area contributed by atoms with Crippen molar-refractivity contribution in [1.82, 2.24) is 5.32 Å². The van der Waals surface area contributed by atoms with Crippen LogP contribution in [-0.2, 0) is 9.53 Å². The molecule has 0 aromatic heterocycles. The average Bonchev–Trinajstić information content (AvgIpc) is 2.66. The molecule has 0 fully saturated rings. The number of hydrogen-bond donors (Lipinski definition) is 2. The summed E-state index contributed by atoms with van der Waals surface area (Å²) in [5, 5.41) is 7.43. The van der Waals surface area contributed by atoms with Crippen molar-refractivity contribution in [3.8, 4) is 0 Å². The zero-order chi connectivity index (χ0) is 17.6. The van der Waals surface area contributed by atoms with E-state index in [0.717, 1.165) is 10.8 Å². The van der Waals surface area contributed by atoms with Crippen molar-refractivity contribution in [2.24, 2.45) is 0 Å². The van der Waals surface area contributed by atoms with Crippen molar-refractivity contribution in [3.63, 3.8) is 0 Å². The quantitative estimate of drug-likeness (QED) is 0.712. The Balaban J connectivity index is 1.81. The summed E-state index contributed by atoms with van der Waals surface area (Å²) in [5.41, 5.74) is 1.33. The molecule has 2 N–H and O–H groups in total. The Hall–Kier alpha value is -3.34. The van der Waals surface area contributed by atoms with Crippen LogP contribution in [0.1, 0.15) is 11.6 Å². The molecule has 0 saturated heterocycles. The minimum absolute atomic E-state index is 0.476. The van der Waals surface area contributed by atoms with Gasteiger partial charge in [0.05, 0.1) is 12.8 Å². The number of rotatable bonds is 4. The zero-order valence-electron chi connectivity index (χ0n) is 13.7. The molecule has 0 aliphatic carbocycles. The number of hydrogen-bond acceptors (Lipinski definition) is 3. The number of methoxy groups -OCH3 is 1. The number of anilines is 1. The SMILES string of the molecule is COC(=O)C(NC(=O)Nc1cccc2ccccc12)c1ccccc1. The van der Waals surface area contributed by atoms with Gasteiger partial charge in [-0.2, -0.15) is 0 Å². The van der Waals surface area contributed by atoms with E-state index in [2.05, 4.69) is 10.6 Å². The van der Waals surface area contributed by atoms with Gasteiger partial charge in [-0.3, -0.25) is 0 Å². The first kappa shape index (κ1) is 16.5. The molecule has 0 aliphatic rings. The second kappa shape index (κ2) is 7.49. The van der Waals surface area contributed by atoms with Gasteiger partial charge in [0.15, 0.2) is 6.04 Å². The second-order valence-electron chi connectivity index (χ2n) is 5.49. The standard InChI is InChI=1S/C20H18N2O3/c1-25-19(23)18(15-9-3-2-4-10-15)22-20(24)21-17-13-7-11-14-8-5-6-12-16(14)17/h2-13,18H,1H3,(H2,21,22,24). The molecule has 2 amide bonds. The van der Waals surface area contributed by atoms with Crippen LogP contribution in [0, 0.1) is 0 Å². The summed E-state index contributed by atoms with van der Waals surface area (Å²) in [6, 6.07) is 21.0. The van der Waals surface area contributed by atoms with Gasteiger partial charge in [-0.15, -0.1) is 0 Å². The van der Waals surface area contributed by atoms with Crippen molar-refractivity contribution >= 4 is 28.5 Å².